The summed E-state index contributed by atoms with van der Waals surface area (Å²) in [5.41, 5.74) is 0.389. The highest BCUT2D eigenvalue weighted by Gasteiger charge is 2.37. The molecule has 22 heavy (non-hydrogen) atoms. The van der Waals surface area contributed by atoms with E-state index in [9.17, 15) is 9.59 Å². The van der Waals surface area contributed by atoms with Crippen molar-refractivity contribution in [1.82, 2.24) is 10.5 Å². The summed E-state index contributed by atoms with van der Waals surface area (Å²) >= 11 is 0. The maximum atomic E-state index is 12.2. The summed E-state index contributed by atoms with van der Waals surface area (Å²) < 4.78 is 9.79. The van der Waals surface area contributed by atoms with Gasteiger partial charge in [-0.2, -0.15) is 0 Å². The Morgan fingerprint density at radius 1 is 1.32 bits per heavy atom. The van der Waals surface area contributed by atoms with Gasteiger partial charge in [0.25, 0.3) is 5.91 Å². The van der Waals surface area contributed by atoms with Crippen LogP contribution in [0.5, 0.6) is 0 Å². The highest BCUT2D eigenvalue weighted by Crippen LogP contribution is 2.24. The largest absolute Gasteiger partial charge is 0.468 e. The van der Waals surface area contributed by atoms with Crippen LogP contribution in [0.2, 0.25) is 0 Å². The minimum Gasteiger partial charge on any atom is -0.468 e. The van der Waals surface area contributed by atoms with Crippen LogP contribution >= 0.6 is 0 Å². The number of nitrogens with zero attached hydrogens (tertiary/aromatic N) is 1. The highest BCUT2D eigenvalue weighted by atomic mass is 16.5. The molecule has 0 aliphatic carbocycles. The van der Waals surface area contributed by atoms with E-state index < -0.39 is 17.3 Å². The molecule has 0 spiro atoms. The van der Waals surface area contributed by atoms with Crippen molar-refractivity contribution >= 4 is 11.9 Å². The van der Waals surface area contributed by atoms with Gasteiger partial charge in [0.1, 0.15) is 5.41 Å². The van der Waals surface area contributed by atoms with Crippen molar-refractivity contribution in [1.29, 1.82) is 0 Å². The molecule has 0 radical (unpaired) electrons. The molecule has 116 valence electrons. The number of aryl methyl sites for hydroxylation is 1. The third-order valence-corrected chi connectivity index (χ3v) is 3.50. The second-order valence-corrected chi connectivity index (χ2v) is 5.20. The van der Waals surface area contributed by atoms with E-state index in [1.54, 1.807) is 13.8 Å². The van der Waals surface area contributed by atoms with E-state index in [1.165, 1.54) is 13.2 Å². The van der Waals surface area contributed by atoms with Gasteiger partial charge >= 0.3 is 5.97 Å². The van der Waals surface area contributed by atoms with E-state index in [0.29, 0.717) is 5.69 Å². The Morgan fingerprint density at radius 2 is 2.00 bits per heavy atom. The van der Waals surface area contributed by atoms with Crippen LogP contribution in [-0.4, -0.2) is 30.7 Å². The molecule has 1 amide bonds. The lowest BCUT2D eigenvalue weighted by atomic mass is 9.82. The monoisotopic (exact) mass is 302 g/mol. The maximum absolute atomic E-state index is 12.2. The van der Waals surface area contributed by atoms with Crippen molar-refractivity contribution < 1.29 is 18.8 Å². The average Bonchev–Trinajstić information content (AvgIpc) is 2.98. The number of carbonyl (C=O) groups excluding carboxylic acids is 2. The summed E-state index contributed by atoms with van der Waals surface area (Å²) in [6.45, 7) is 3.53. The molecular weight excluding hydrogens is 284 g/mol. The van der Waals surface area contributed by atoms with E-state index in [4.69, 9.17) is 9.26 Å². The molecule has 1 heterocycles. The first-order chi connectivity index (χ1) is 10.5. The van der Waals surface area contributed by atoms with Crippen molar-refractivity contribution in [2.75, 3.05) is 13.7 Å². The molecule has 0 saturated carbocycles. The van der Waals surface area contributed by atoms with Crippen LogP contribution in [0.15, 0.2) is 40.9 Å². The number of nitrogens with one attached hydrogen (secondary N) is 1. The summed E-state index contributed by atoms with van der Waals surface area (Å²) in [5.74, 6) is -0.739. The zero-order chi connectivity index (χ0) is 16.2. The normalized spacial score (nSPS) is 13.2. The quantitative estimate of drug-likeness (QED) is 0.852. The number of aromatic nitrogens is 1. The standard InChI is InChI=1S/C16H18N2O4/c1-11-9-13(22-18-11)14(19)17-10-16(2,15(20)21-3)12-7-5-4-6-8-12/h4-9H,10H2,1-3H3,(H,17,19)/t16-/m0/s1. The third-order valence-electron chi connectivity index (χ3n) is 3.50. The molecule has 0 saturated heterocycles. The van der Waals surface area contributed by atoms with Gasteiger partial charge in [-0.1, -0.05) is 35.5 Å². The molecule has 2 aromatic rings. The molecule has 0 aliphatic rings. The molecule has 1 aromatic carbocycles. The second kappa shape index (κ2) is 6.43. The van der Waals surface area contributed by atoms with Crippen LogP contribution in [0.25, 0.3) is 0 Å². The average molecular weight is 302 g/mol. The number of benzene rings is 1. The number of carbonyl (C=O) groups is 2. The van der Waals surface area contributed by atoms with Gasteiger partial charge in [-0.05, 0) is 19.4 Å². The van der Waals surface area contributed by atoms with Gasteiger partial charge in [0.15, 0.2) is 0 Å². The first-order valence-electron chi connectivity index (χ1n) is 6.83. The second-order valence-electron chi connectivity index (χ2n) is 5.20. The van der Waals surface area contributed by atoms with Crippen LogP contribution in [0.1, 0.15) is 28.7 Å². The Bertz CT molecular complexity index is 666. The van der Waals surface area contributed by atoms with E-state index in [-0.39, 0.29) is 12.3 Å². The molecule has 1 aromatic heterocycles. The fourth-order valence-electron chi connectivity index (χ4n) is 2.14. The van der Waals surface area contributed by atoms with E-state index in [2.05, 4.69) is 10.5 Å². The lowest BCUT2D eigenvalue weighted by Gasteiger charge is -2.27. The predicted octanol–water partition coefficient (Wildman–Crippen LogP) is 1.84. The first-order valence-corrected chi connectivity index (χ1v) is 6.83. The van der Waals surface area contributed by atoms with Crippen molar-refractivity contribution in [3.63, 3.8) is 0 Å². The van der Waals surface area contributed by atoms with Gasteiger partial charge in [-0.25, -0.2) is 0 Å². The smallest absolute Gasteiger partial charge is 0.317 e. The van der Waals surface area contributed by atoms with Crippen LogP contribution in [0.3, 0.4) is 0 Å². The molecule has 6 nitrogen and oxygen atoms in total. The number of ether oxygens (including phenoxy) is 1. The number of amides is 1. The molecule has 1 N–H and O–H groups in total. The van der Waals surface area contributed by atoms with Crippen molar-refractivity contribution in [3.05, 3.63) is 53.4 Å². The number of hydrogen-bond donors (Lipinski definition) is 1. The molecule has 1 atom stereocenters. The van der Waals surface area contributed by atoms with Gasteiger partial charge < -0.3 is 14.6 Å². The van der Waals surface area contributed by atoms with E-state index in [1.807, 2.05) is 30.3 Å². The van der Waals surface area contributed by atoms with Gasteiger partial charge in [-0.3, -0.25) is 9.59 Å². The Labute approximate surface area is 128 Å². The van der Waals surface area contributed by atoms with Crippen molar-refractivity contribution in [3.8, 4) is 0 Å². The summed E-state index contributed by atoms with van der Waals surface area (Å²) in [6.07, 6.45) is 0. The fraction of sp³-hybridized carbons (Fsp3) is 0.312. The van der Waals surface area contributed by atoms with Gasteiger partial charge in [0.2, 0.25) is 5.76 Å². The van der Waals surface area contributed by atoms with Crippen LogP contribution in [0.4, 0.5) is 0 Å². The topological polar surface area (TPSA) is 81.4 Å². The molecule has 0 bridgehead atoms. The van der Waals surface area contributed by atoms with Crippen molar-refractivity contribution in [2.24, 2.45) is 0 Å². The van der Waals surface area contributed by atoms with Gasteiger partial charge in [0.05, 0.1) is 12.8 Å². The van der Waals surface area contributed by atoms with Gasteiger partial charge in [0, 0.05) is 12.6 Å². The number of hydrogen-bond acceptors (Lipinski definition) is 5. The summed E-state index contributed by atoms with van der Waals surface area (Å²) in [7, 11) is 1.32. The lowest BCUT2D eigenvalue weighted by Crippen LogP contribution is -2.45. The summed E-state index contributed by atoms with van der Waals surface area (Å²) in [5, 5.41) is 6.36. The minimum absolute atomic E-state index is 0.0856. The molecule has 0 fully saturated rings. The zero-order valence-corrected chi connectivity index (χ0v) is 12.8. The van der Waals surface area contributed by atoms with E-state index in [0.717, 1.165) is 5.56 Å². The molecular formula is C16H18N2O4. The number of esters is 1. The SMILES string of the molecule is COC(=O)[C@@](C)(CNC(=O)c1cc(C)no1)c1ccccc1. The maximum Gasteiger partial charge on any atom is 0.317 e. The third kappa shape index (κ3) is 3.16. The molecule has 0 aliphatic heterocycles. The Balaban J connectivity index is 2.18. The fourth-order valence-corrected chi connectivity index (χ4v) is 2.14. The minimum atomic E-state index is -0.985. The lowest BCUT2D eigenvalue weighted by molar-refractivity contribution is -0.146. The Morgan fingerprint density at radius 3 is 2.55 bits per heavy atom. The summed E-state index contributed by atoms with van der Waals surface area (Å²) in [4.78, 5) is 24.2. The number of methoxy groups -OCH3 is 1. The van der Waals surface area contributed by atoms with Crippen LogP contribution in [0, 0.1) is 6.92 Å². The van der Waals surface area contributed by atoms with Crippen LogP contribution in [-0.2, 0) is 14.9 Å². The molecule has 6 heteroatoms. The predicted molar refractivity (Wildman–Crippen MR) is 79.4 cm³/mol. The highest BCUT2D eigenvalue weighted by molar-refractivity contribution is 5.92. The number of rotatable bonds is 5. The van der Waals surface area contributed by atoms with Gasteiger partial charge in [-0.15, -0.1) is 0 Å². The first kappa shape index (κ1) is 15.8. The Kier molecular flexibility index (Phi) is 4.60. The summed E-state index contributed by atoms with van der Waals surface area (Å²) in [6, 6.07) is 10.7. The zero-order valence-electron chi connectivity index (χ0n) is 12.8. The van der Waals surface area contributed by atoms with E-state index >= 15 is 0 Å². The Hall–Kier alpha value is -2.63. The molecule has 2 rings (SSSR count). The van der Waals surface area contributed by atoms with Crippen molar-refractivity contribution in [2.45, 2.75) is 19.3 Å². The molecule has 0 unspecified atom stereocenters. The van der Waals surface area contributed by atoms with Crippen LogP contribution < -0.4 is 5.32 Å².